The molecule has 2 rings (SSSR count). The first-order valence-corrected chi connectivity index (χ1v) is 6.19. The maximum absolute atomic E-state index is 11.4. The molecule has 0 aromatic carbocycles. The van der Waals surface area contributed by atoms with E-state index in [9.17, 15) is 4.79 Å². The van der Waals surface area contributed by atoms with Crippen LogP contribution in [0.2, 0.25) is 0 Å². The Labute approximate surface area is 106 Å². The molecule has 0 aliphatic rings. The van der Waals surface area contributed by atoms with Crippen LogP contribution in [0.5, 0.6) is 0 Å². The molecule has 1 unspecified atom stereocenters. The van der Waals surface area contributed by atoms with Crippen molar-refractivity contribution in [3.8, 4) is 0 Å². The van der Waals surface area contributed by atoms with Crippen molar-refractivity contribution in [2.75, 3.05) is 6.54 Å². The summed E-state index contributed by atoms with van der Waals surface area (Å²) in [4.78, 5) is 18.4. The second-order valence-corrected chi connectivity index (χ2v) is 4.05. The normalized spacial score (nSPS) is 12.6. The lowest BCUT2D eigenvalue weighted by Crippen LogP contribution is -2.26. The molecule has 18 heavy (non-hydrogen) atoms. The van der Waals surface area contributed by atoms with Gasteiger partial charge >= 0.3 is 0 Å². The average molecular weight is 246 g/mol. The van der Waals surface area contributed by atoms with Crippen LogP contribution in [0.15, 0.2) is 35.5 Å². The van der Waals surface area contributed by atoms with Gasteiger partial charge in [0.25, 0.3) is 0 Å². The SMILES string of the molecule is CCNC(c1cc[nH]c(=O)c1)c1nccn1CC. The highest BCUT2D eigenvalue weighted by Crippen LogP contribution is 2.19. The fraction of sp³-hybridized carbons (Fsp3) is 0.385. The van der Waals surface area contributed by atoms with Gasteiger partial charge in [-0.1, -0.05) is 6.92 Å². The Balaban J connectivity index is 2.43. The summed E-state index contributed by atoms with van der Waals surface area (Å²) in [6.07, 6.45) is 5.41. The van der Waals surface area contributed by atoms with E-state index in [0.717, 1.165) is 24.5 Å². The third kappa shape index (κ3) is 2.51. The summed E-state index contributed by atoms with van der Waals surface area (Å²) >= 11 is 0. The molecular weight excluding hydrogens is 228 g/mol. The molecule has 1 atom stereocenters. The molecule has 0 aliphatic carbocycles. The predicted octanol–water partition coefficient (Wildman–Crippen LogP) is 1.29. The molecule has 2 aromatic rings. The average Bonchev–Trinajstić information content (AvgIpc) is 2.84. The van der Waals surface area contributed by atoms with Crippen LogP contribution in [-0.2, 0) is 6.54 Å². The molecule has 0 amide bonds. The quantitative estimate of drug-likeness (QED) is 0.835. The summed E-state index contributed by atoms with van der Waals surface area (Å²) < 4.78 is 2.08. The minimum absolute atomic E-state index is 0.0488. The maximum atomic E-state index is 11.4. The van der Waals surface area contributed by atoms with Crippen LogP contribution in [0.1, 0.15) is 31.3 Å². The highest BCUT2D eigenvalue weighted by molar-refractivity contribution is 5.23. The van der Waals surface area contributed by atoms with Crippen molar-refractivity contribution in [1.29, 1.82) is 0 Å². The summed E-state index contributed by atoms with van der Waals surface area (Å²) in [6.45, 7) is 5.79. The van der Waals surface area contributed by atoms with Crippen molar-refractivity contribution in [1.82, 2.24) is 19.9 Å². The summed E-state index contributed by atoms with van der Waals surface area (Å²) in [5.74, 6) is 0.935. The topological polar surface area (TPSA) is 62.7 Å². The number of hydrogen-bond acceptors (Lipinski definition) is 3. The third-order valence-corrected chi connectivity index (χ3v) is 2.89. The van der Waals surface area contributed by atoms with E-state index in [2.05, 4.69) is 26.8 Å². The lowest BCUT2D eigenvalue weighted by molar-refractivity contribution is 0.558. The van der Waals surface area contributed by atoms with Gasteiger partial charge in [-0.25, -0.2) is 4.98 Å². The van der Waals surface area contributed by atoms with Gasteiger partial charge in [0.2, 0.25) is 5.56 Å². The highest BCUT2D eigenvalue weighted by Gasteiger charge is 2.17. The molecule has 5 nitrogen and oxygen atoms in total. The van der Waals surface area contributed by atoms with Gasteiger partial charge in [-0.05, 0) is 25.1 Å². The summed E-state index contributed by atoms with van der Waals surface area (Å²) in [5, 5.41) is 3.37. The van der Waals surface area contributed by atoms with E-state index in [1.54, 1.807) is 18.5 Å². The Morgan fingerprint density at radius 3 is 3.00 bits per heavy atom. The van der Waals surface area contributed by atoms with E-state index < -0.39 is 0 Å². The van der Waals surface area contributed by atoms with E-state index in [1.807, 2.05) is 19.2 Å². The Bertz CT molecular complexity index is 558. The van der Waals surface area contributed by atoms with Gasteiger partial charge in [-0.3, -0.25) is 4.79 Å². The molecule has 0 aliphatic heterocycles. The van der Waals surface area contributed by atoms with Gasteiger partial charge in [-0.15, -0.1) is 0 Å². The molecule has 0 fully saturated rings. The molecule has 0 spiro atoms. The number of nitrogens with one attached hydrogen (secondary N) is 2. The van der Waals surface area contributed by atoms with Gasteiger partial charge in [0, 0.05) is 31.2 Å². The van der Waals surface area contributed by atoms with E-state index in [-0.39, 0.29) is 11.6 Å². The molecule has 96 valence electrons. The van der Waals surface area contributed by atoms with Gasteiger partial charge < -0.3 is 14.9 Å². The molecule has 2 heterocycles. The van der Waals surface area contributed by atoms with Crippen molar-refractivity contribution in [3.05, 3.63) is 52.5 Å². The molecule has 0 bridgehead atoms. The summed E-state index contributed by atoms with van der Waals surface area (Å²) in [6, 6.07) is 3.47. The number of hydrogen-bond donors (Lipinski definition) is 2. The molecule has 0 saturated carbocycles. The molecule has 2 aromatic heterocycles. The number of imidazole rings is 1. The van der Waals surface area contributed by atoms with Crippen LogP contribution in [0.3, 0.4) is 0 Å². The van der Waals surface area contributed by atoms with Crippen molar-refractivity contribution < 1.29 is 0 Å². The number of rotatable bonds is 5. The molecular formula is C13H18N4O. The summed E-state index contributed by atoms with van der Waals surface area (Å²) in [5.41, 5.74) is 0.839. The first-order valence-electron chi connectivity index (χ1n) is 6.19. The summed E-state index contributed by atoms with van der Waals surface area (Å²) in [7, 11) is 0. The lowest BCUT2D eigenvalue weighted by Gasteiger charge is -2.18. The minimum atomic E-state index is -0.0926. The van der Waals surface area contributed by atoms with Gasteiger partial charge in [0.1, 0.15) is 5.82 Å². The van der Waals surface area contributed by atoms with Gasteiger partial charge in [0.15, 0.2) is 0 Å². The number of nitrogens with zero attached hydrogens (tertiary/aromatic N) is 2. The van der Waals surface area contributed by atoms with Crippen LogP contribution in [-0.4, -0.2) is 21.1 Å². The number of aryl methyl sites for hydroxylation is 1. The number of H-pyrrole nitrogens is 1. The number of aromatic nitrogens is 3. The smallest absolute Gasteiger partial charge is 0.248 e. The zero-order chi connectivity index (χ0) is 13.0. The Hall–Kier alpha value is -1.88. The first-order chi connectivity index (χ1) is 8.76. The number of aromatic amines is 1. The van der Waals surface area contributed by atoms with Crippen LogP contribution in [0, 0.1) is 0 Å². The third-order valence-electron chi connectivity index (χ3n) is 2.89. The van der Waals surface area contributed by atoms with Crippen LogP contribution in [0.4, 0.5) is 0 Å². The zero-order valence-corrected chi connectivity index (χ0v) is 10.7. The van der Waals surface area contributed by atoms with Crippen molar-refractivity contribution in [3.63, 3.8) is 0 Å². The Kier molecular flexibility index (Phi) is 3.94. The van der Waals surface area contributed by atoms with E-state index in [0.29, 0.717) is 0 Å². The number of pyridine rings is 1. The lowest BCUT2D eigenvalue weighted by atomic mass is 10.1. The van der Waals surface area contributed by atoms with Crippen molar-refractivity contribution in [2.24, 2.45) is 0 Å². The molecule has 5 heteroatoms. The van der Waals surface area contributed by atoms with E-state index in [1.165, 1.54) is 0 Å². The van der Waals surface area contributed by atoms with Crippen LogP contribution in [0.25, 0.3) is 0 Å². The maximum Gasteiger partial charge on any atom is 0.248 e. The molecule has 0 radical (unpaired) electrons. The fourth-order valence-electron chi connectivity index (χ4n) is 2.05. The first kappa shape index (κ1) is 12.6. The highest BCUT2D eigenvalue weighted by atomic mass is 16.1. The second kappa shape index (κ2) is 5.64. The standard InChI is InChI=1S/C13H18N4O/c1-3-14-12(10-5-6-15-11(18)9-10)13-16-7-8-17(13)4-2/h5-9,12,14H,3-4H2,1-2H3,(H,15,18). The van der Waals surface area contributed by atoms with Gasteiger partial charge in [0.05, 0.1) is 6.04 Å². The van der Waals surface area contributed by atoms with Crippen LogP contribution >= 0.6 is 0 Å². The predicted molar refractivity (Wildman–Crippen MR) is 70.5 cm³/mol. The second-order valence-electron chi connectivity index (χ2n) is 4.05. The van der Waals surface area contributed by atoms with Crippen LogP contribution < -0.4 is 10.9 Å². The Morgan fingerprint density at radius 2 is 2.33 bits per heavy atom. The monoisotopic (exact) mass is 246 g/mol. The van der Waals surface area contributed by atoms with Gasteiger partial charge in [-0.2, -0.15) is 0 Å². The largest absolute Gasteiger partial charge is 0.334 e. The molecule has 2 N–H and O–H groups in total. The fourth-order valence-corrected chi connectivity index (χ4v) is 2.05. The Morgan fingerprint density at radius 1 is 1.50 bits per heavy atom. The van der Waals surface area contributed by atoms with E-state index >= 15 is 0 Å². The van der Waals surface area contributed by atoms with Crippen molar-refractivity contribution in [2.45, 2.75) is 26.4 Å². The van der Waals surface area contributed by atoms with Crippen molar-refractivity contribution >= 4 is 0 Å². The minimum Gasteiger partial charge on any atom is -0.334 e. The zero-order valence-electron chi connectivity index (χ0n) is 10.7. The molecule has 0 saturated heterocycles. The van der Waals surface area contributed by atoms with E-state index in [4.69, 9.17) is 0 Å².